The summed E-state index contributed by atoms with van der Waals surface area (Å²) >= 11 is 3.55. The van der Waals surface area contributed by atoms with Crippen LogP contribution in [0.4, 0.5) is 11.4 Å². The Hall–Kier alpha value is -3.16. The van der Waals surface area contributed by atoms with Gasteiger partial charge in [-0.3, -0.25) is 14.4 Å². The summed E-state index contributed by atoms with van der Waals surface area (Å²) in [5, 5.41) is 1.69. The molecule has 33 heavy (non-hydrogen) atoms. The predicted molar refractivity (Wildman–Crippen MR) is 129 cm³/mol. The standard InChI is InChI=1S/C26H23BrN2O4/c1-3-16-9-12-18(13-10-16)28-25(30)22-23(17-11-14-21(32-2)20(27)15-17)29(33-24(22)26(28)31)19-7-5-4-6-8-19/h4-15,22-24H,3H2,1-2H3/t22-,23+,24+/m0/s1. The minimum absolute atomic E-state index is 0.260. The van der Waals surface area contributed by atoms with E-state index in [4.69, 9.17) is 9.57 Å². The summed E-state index contributed by atoms with van der Waals surface area (Å²) < 4.78 is 6.14. The number of nitrogens with zero attached hydrogens (tertiary/aromatic N) is 2. The number of ether oxygens (including phenoxy) is 1. The number of hydrogen-bond acceptors (Lipinski definition) is 5. The summed E-state index contributed by atoms with van der Waals surface area (Å²) in [6.45, 7) is 2.06. The highest BCUT2D eigenvalue weighted by molar-refractivity contribution is 9.10. The lowest BCUT2D eigenvalue weighted by molar-refractivity contribution is -0.126. The van der Waals surface area contributed by atoms with E-state index in [1.807, 2.05) is 72.8 Å². The van der Waals surface area contributed by atoms with Crippen LogP contribution in [-0.4, -0.2) is 25.0 Å². The molecule has 168 valence electrons. The first kappa shape index (κ1) is 21.7. The van der Waals surface area contributed by atoms with Gasteiger partial charge >= 0.3 is 0 Å². The van der Waals surface area contributed by atoms with Gasteiger partial charge in [0.1, 0.15) is 11.7 Å². The Balaban J connectivity index is 1.57. The number of imide groups is 1. The van der Waals surface area contributed by atoms with E-state index in [0.29, 0.717) is 11.4 Å². The van der Waals surface area contributed by atoms with Gasteiger partial charge in [-0.15, -0.1) is 0 Å². The molecule has 0 N–H and O–H groups in total. The van der Waals surface area contributed by atoms with Crippen LogP contribution in [0.15, 0.2) is 77.3 Å². The molecule has 0 aliphatic carbocycles. The molecule has 2 fully saturated rings. The van der Waals surface area contributed by atoms with Crippen LogP contribution in [-0.2, 0) is 20.8 Å². The number of hydrogen-bond donors (Lipinski definition) is 0. The van der Waals surface area contributed by atoms with Crippen LogP contribution >= 0.6 is 15.9 Å². The number of amides is 2. The molecular formula is C26H23BrN2O4. The van der Waals surface area contributed by atoms with Crippen molar-refractivity contribution in [2.45, 2.75) is 25.5 Å². The smallest absolute Gasteiger partial charge is 0.266 e. The molecule has 0 radical (unpaired) electrons. The molecule has 2 aliphatic rings. The number of halogens is 1. The van der Waals surface area contributed by atoms with Crippen LogP contribution in [0, 0.1) is 5.92 Å². The predicted octanol–water partition coefficient (Wildman–Crippen LogP) is 5.07. The Bertz CT molecular complexity index is 1200. The van der Waals surface area contributed by atoms with Crippen LogP contribution in [0.25, 0.3) is 0 Å². The van der Waals surface area contributed by atoms with Crippen molar-refractivity contribution in [3.8, 4) is 5.75 Å². The fourth-order valence-electron chi connectivity index (χ4n) is 4.55. The molecule has 2 amide bonds. The van der Waals surface area contributed by atoms with E-state index in [2.05, 4.69) is 22.9 Å². The molecule has 2 aliphatic heterocycles. The maximum Gasteiger partial charge on any atom is 0.266 e. The minimum atomic E-state index is -0.894. The van der Waals surface area contributed by atoms with E-state index >= 15 is 0 Å². The molecular weight excluding hydrogens is 484 g/mol. The van der Waals surface area contributed by atoms with Gasteiger partial charge in [0.25, 0.3) is 5.91 Å². The minimum Gasteiger partial charge on any atom is -0.496 e. The van der Waals surface area contributed by atoms with E-state index in [1.54, 1.807) is 12.2 Å². The summed E-state index contributed by atoms with van der Waals surface area (Å²) in [4.78, 5) is 34.5. The monoisotopic (exact) mass is 506 g/mol. The highest BCUT2D eigenvalue weighted by Crippen LogP contribution is 2.48. The second-order valence-corrected chi connectivity index (χ2v) is 8.94. The zero-order chi connectivity index (χ0) is 23.1. The van der Waals surface area contributed by atoms with Gasteiger partial charge in [0, 0.05) is 0 Å². The molecule has 6 nitrogen and oxygen atoms in total. The van der Waals surface area contributed by atoms with E-state index in [9.17, 15) is 9.59 Å². The molecule has 3 aromatic rings. The first-order valence-electron chi connectivity index (χ1n) is 10.8. The fourth-order valence-corrected chi connectivity index (χ4v) is 5.11. The van der Waals surface area contributed by atoms with Gasteiger partial charge < -0.3 is 4.74 Å². The maximum atomic E-state index is 13.7. The Morgan fingerprint density at radius 1 is 0.939 bits per heavy atom. The number of hydroxylamine groups is 1. The fraction of sp³-hybridized carbons (Fsp3) is 0.231. The van der Waals surface area contributed by atoms with Crippen molar-refractivity contribution in [1.29, 1.82) is 0 Å². The number of rotatable bonds is 5. The average molecular weight is 507 g/mol. The Morgan fingerprint density at radius 2 is 1.67 bits per heavy atom. The third-order valence-electron chi connectivity index (χ3n) is 6.25. The summed E-state index contributed by atoms with van der Waals surface area (Å²) in [6, 6.07) is 22.3. The van der Waals surface area contributed by atoms with Gasteiger partial charge in [-0.25, -0.2) is 9.96 Å². The van der Waals surface area contributed by atoms with E-state index in [-0.39, 0.29) is 11.8 Å². The molecule has 0 unspecified atom stereocenters. The van der Waals surface area contributed by atoms with Crippen LogP contribution in [0.2, 0.25) is 0 Å². The number of carbonyl (C=O) groups is 2. The van der Waals surface area contributed by atoms with Crippen molar-refractivity contribution in [3.63, 3.8) is 0 Å². The van der Waals surface area contributed by atoms with Crippen LogP contribution in [0.3, 0.4) is 0 Å². The second-order valence-electron chi connectivity index (χ2n) is 8.08. The zero-order valence-electron chi connectivity index (χ0n) is 18.3. The highest BCUT2D eigenvalue weighted by Gasteiger charge is 2.60. The Morgan fingerprint density at radius 3 is 2.30 bits per heavy atom. The molecule has 0 aromatic heterocycles. The van der Waals surface area contributed by atoms with Gasteiger partial charge in [0.15, 0.2) is 6.10 Å². The normalized spacial score (nSPS) is 22.1. The van der Waals surface area contributed by atoms with Crippen molar-refractivity contribution in [3.05, 3.63) is 88.4 Å². The first-order valence-corrected chi connectivity index (χ1v) is 11.6. The Labute approximate surface area is 200 Å². The van der Waals surface area contributed by atoms with Crippen molar-refractivity contribution < 1.29 is 19.2 Å². The van der Waals surface area contributed by atoms with Crippen molar-refractivity contribution in [2.75, 3.05) is 17.1 Å². The van der Waals surface area contributed by atoms with Gasteiger partial charge in [0.05, 0.1) is 29.0 Å². The third kappa shape index (κ3) is 3.61. The largest absolute Gasteiger partial charge is 0.496 e. The number of aryl methyl sites for hydroxylation is 1. The summed E-state index contributed by atoms with van der Waals surface area (Å²) in [6.07, 6.45) is -0.00814. The zero-order valence-corrected chi connectivity index (χ0v) is 19.9. The van der Waals surface area contributed by atoms with Gasteiger partial charge in [0.2, 0.25) is 5.91 Å². The SMILES string of the molecule is CCc1ccc(N2C(=O)[C@H]3[C@@H](c4ccc(OC)c(Br)c4)N(c4ccccc4)O[C@H]3C2=O)cc1. The number of methoxy groups -OCH3 is 1. The molecule has 3 atom stereocenters. The maximum absolute atomic E-state index is 13.7. The average Bonchev–Trinajstić information content (AvgIpc) is 3.35. The number of benzene rings is 3. The molecule has 2 saturated heterocycles. The van der Waals surface area contributed by atoms with E-state index < -0.39 is 18.1 Å². The molecule has 3 aromatic carbocycles. The third-order valence-corrected chi connectivity index (χ3v) is 6.87. The molecule has 0 saturated carbocycles. The molecule has 7 heteroatoms. The van der Waals surface area contributed by atoms with E-state index in [1.165, 1.54) is 4.90 Å². The molecule has 0 bridgehead atoms. The topological polar surface area (TPSA) is 59.1 Å². The molecule has 0 spiro atoms. The molecule has 5 rings (SSSR count). The van der Waals surface area contributed by atoms with Crippen molar-refractivity contribution in [1.82, 2.24) is 0 Å². The number of para-hydroxylation sites is 1. The number of fused-ring (bicyclic) bond motifs is 1. The van der Waals surface area contributed by atoms with Crippen LogP contribution in [0.5, 0.6) is 5.75 Å². The van der Waals surface area contributed by atoms with Crippen molar-refractivity contribution in [2.24, 2.45) is 5.92 Å². The lowest BCUT2D eigenvalue weighted by Gasteiger charge is -2.29. The molecule has 2 heterocycles. The quantitative estimate of drug-likeness (QED) is 0.452. The first-order chi connectivity index (χ1) is 16.0. The lowest BCUT2D eigenvalue weighted by Crippen LogP contribution is -2.37. The van der Waals surface area contributed by atoms with Crippen LogP contribution in [0.1, 0.15) is 24.1 Å². The highest BCUT2D eigenvalue weighted by atomic mass is 79.9. The van der Waals surface area contributed by atoms with Crippen LogP contribution < -0.4 is 14.7 Å². The van der Waals surface area contributed by atoms with E-state index in [0.717, 1.165) is 27.7 Å². The number of carbonyl (C=O) groups excluding carboxylic acids is 2. The van der Waals surface area contributed by atoms with Gasteiger partial charge in [-0.1, -0.05) is 43.3 Å². The summed E-state index contributed by atoms with van der Waals surface area (Å²) in [5.74, 6) is -0.592. The summed E-state index contributed by atoms with van der Waals surface area (Å²) in [7, 11) is 1.60. The summed E-state index contributed by atoms with van der Waals surface area (Å²) in [5.41, 5.74) is 3.35. The van der Waals surface area contributed by atoms with Crippen molar-refractivity contribution >= 4 is 39.1 Å². The Kier molecular flexibility index (Phi) is 5.68. The lowest BCUT2D eigenvalue weighted by atomic mass is 9.90. The second kappa shape index (κ2) is 8.65. The number of anilines is 2. The van der Waals surface area contributed by atoms with Gasteiger partial charge in [-0.2, -0.15) is 0 Å². The van der Waals surface area contributed by atoms with Gasteiger partial charge in [-0.05, 0) is 69.9 Å².